The van der Waals surface area contributed by atoms with Gasteiger partial charge in [0.1, 0.15) is 6.17 Å². The van der Waals surface area contributed by atoms with Crippen molar-refractivity contribution >= 4 is 10.9 Å². The molecule has 3 heteroatoms. The van der Waals surface area contributed by atoms with E-state index >= 15 is 0 Å². The molecule has 2 atom stereocenters. The van der Waals surface area contributed by atoms with E-state index in [2.05, 4.69) is 10.3 Å². The molecule has 0 saturated carbocycles. The molecule has 1 saturated heterocycles. The van der Waals surface area contributed by atoms with E-state index in [1.54, 1.807) is 6.20 Å². The maximum atomic E-state index is 14.5. The molecule has 1 N–H and O–H groups in total. The Morgan fingerprint density at radius 2 is 2.22 bits per heavy atom. The third-order valence-electron chi connectivity index (χ3n) is 3.68. The van der Waals surface area contributed by atoms with Gasteiger partial charge in [0.25, 0.3) is 0 Å². The molecule has 1 aliphatic rings. The van der Waals surface area contributed by atoms with Crippen LogP contribution in [-0.4, -0.2) is 18.1 Å². The topological polar surface area (TPSA) is 24.9 Å². The maximum absolute atomic E-state index is 14.5. The van der Waals surface area contributed by atoms with Crippen LogP contribution in [0.25, 0.3) is 10.9 Å². The van der Waals surface area contributed by atoms with Gasteiger partial charge in [-0.2, -0.15) is 0 Å². The molecule has 0 aliphatic carbocycles. The number of hydrogen-bond donors (Lipinski definition) is 1. The number of alkyl halides is 1. The molecule has 0 bridgehead atoms. The molecular weight excluding hydrogens is 227 g/mol. The largest absolute Gasteiger partial charge is 0.316 e. The predicted molar refractivity (Wildman–Crippen MR) is 71.2 cm³/mol. The lowest BCUT2D eigenvalue weighted by molar-refractivity contribution is 0.194. The highest BCUT2D eigenvalue weighted by atomic mass is 19.1. The summed E-state index contributed by atoms with van der Waals surface area (Å²) in [5.74, 6) is 0.0849. The van der Waals surface area contributed by atoms with Gasteiger partial charge in [0.05, 0.1) is 5.52 Å². The molecule has 1 aromatic heterocycles. The number of halogens is 1. The number of aromatic nitrogens is 1. The standard InChI is InChI=1S/C15H17FN2/c16-15(12-5-3-7-17-9-12)13-8-11-4-1-2-6-14(11)18-10-13/h1-2,4,6,8,10,12,15,17H,3,5,7,9H2. The van der Waals surface area contributed by atoms with E-state index in [0.717, 1.165) is 36.8 Å². The van der Waals surface area contributed by atoms with Gasteiger partial charge >= 0.3 is 0 Å². The first-order chi connectivity index (χ1) is 8.84. The predicted octanol–water partition coefficient (Wildman–Crippen LogP) is 3.25. The molecule has 2 unspecified atom stereocenters. The van der Waals surface area contributed by atoms with Crippen LogP contribution in [0.4, 0.5) is 4.39 Å². The number of para-hydroxylation sites is 1. The van der Waals surface area contributed by atoms with Crippen molar-refractivity contribution in [3.8, 4) is 0 Å². The van der Waals surface area contributed by atoms with Crippen molar-refractivity contribution in [3.05, 3.63) is 42.1 Å². The third-order valence-corrected chi connectivity index (χ3v) is 3.68. The summed E-state index contributed by atoms with van der Waals surface area (Å²) in [5.41, 5.74) is 1.64. The first kappa shape index (κ1) is 11.6. The van der Waals surface area contributed by atoms with E-state index in [1.165, 1.54) is 0 Å². The smallest absolute Gasteiger partial charge is 0.131 e. The van der Waals surface area contributed by atoms with Crippen LogP contribution in [0.1, 0.15) is 24.6 Å². The highest BCUT2D eigenvalue weighted by molar-refractivity contribution is 5.78. The van der Waals surface area contributed by atoms with E-state index in [9.17, 15) is 4.39 Å². The monoisotopic (exact) mass is 244 g/mol. The maximum Gasteiger partial charge on any atom is 0.131 e. The number of nitrogens with one attached hydrogen (secondary N) is 1. The number of piperidine rings is 1. The van der Waals surface area contributed by atoms with Gasteiger partial charge in [-0.05, 0) is 31.5 Å². The van der Waals surface area contributed by atoms with Crippen LogP contribution < -0.4 is 5.32 Å². The lowest BCUT2D eigenvalue weighted by Gasteiger charge is -2.26. The van der Waals surface area contributed by atoms with E-state index in [1.807, 2.05) is 30.3 Å². The minimum atomic E-state index is -0.907. The number of nitrogens with zero attached hydrogens (tertiary/aromatic N) is 1. The van der Waals surface area contributed by atoms with Crippen LogP contribution in [0.5, 0.6) is 0 Å². The number of benzene rings is 1. The Balaban J connectivity index is 1.88. The lowest BCUT2D eigenvalue weighted by atomic mass is 9.91. The lowest BCUT2D eigenvalue weighted by Crippen LogP contribution is -2.32. The van der Waals surface area contributed by atoms with Crippen LogP contribution in [0.3, 0.4) is 0 Å². The average molecular weight is 244 g/mol. The molecule has 2 nitrogen and oxygen atoms in total. The van der Waals surface area contributed by atoms with Crippen LogP contribution in [0.15, 0.2) is 36.5 Å². The van der Waals surface area contributed by atoms with Gasteiger partial charge in [-0.3, -0.25) is 4.98 Å². The molecule has 2 heterocycles. The summed E-state index contributed by atoms with van der Waals surface area (Å²) in [6, 6.07) is 9.78. The summed E-state index contributed by atoms with van der Waals surface area (Å²) >= 11 is 0. The van der Waals surface area contributed by atoms with E-state index < -0.39 is 6.17 Å². The van der Waals surface area contributed by atoms with Crippen LogP contribution >= 0.6 is 0 Å². The minimum Gasteiger partial charge on any atom is -0.316 e. The number of rotatable bonds is 2. The van der Waals surface area contributed by atoms with Crippen molar-refractivity contribution in [2.24, 2.45) is 5.92 Å². The van der Waals surface area contributed by atoms with Crippen molar-refractivity contribution < 1.29 is 4.39 Å². The summed E-state index contributed by atoms with van der Waals surface area (Å²) < 4.78 is 14.5. The molecular formula is C15H17FN2. The molecule has 3 rings (SSSR count). The highest BCUT2D eigenvalue weighted by Crippen LogP contribution is 2.31. The van der Waals surface area contributed by atoms with Crippen molar-refractivity contribution in [3.63, 3.8) is 0 Å². The van der Waals surface area contributed by atoms with Crippen molar-refractivity contribution in [2.45, 2.75) is 19.0 Å². The fourth-order valence-electron chi connectivity index (χ4n) is 2.64. The molecule has 1 aliphatic heterocycles. The van der Waals surface area contributed by atoms with Crippen LogP contribution in [0, 0.1) is 5.92 Å². The van der Waals surface area contributed by atoms with E-state index in [-0.39, 0.29) is 5.92 Å². The Hall–Kier alpha value is -1.48. The summed E-state index contributed by atoms with van der Waals surface area (Å²) in [6.07, 6.45) is 2.80. The zero-order valence-corrected chi connectivity index (χ0v) is 10.3. The van der Waals surface area contributed by atoms with Crippen molar-refractivity contribution in [1.29, 1.82) is 0 Å². The van der Waals surface area contributed by atoms with Gasteiger partial charge < -0.3 is 5.32 Å². The van der Waals surface area contributed by atoms with Crippen molar-refractivity contribution in [2.75, 3.05) is 13.1 Å². The Bertz CT molecular complexity index is 535. The van der Waals surface area contributed by atoms with Gasteiger partial charge in [-0.15, -0.1) is 0 Å². The fraction of sp³-hybridized carbons (Fsp3) is 0.400. The first-order valence-electron chi connectivity index (χ1n) is 6.54. The Morgan fingerprint density at radius 3 is 3.06 bits per heavy atom. The van der Waals surface area contributed by atoms with E-state index in [4.69, 9.17) is 0 Å². The second kappa shape index (κ2) is 5.02. The van der Waals surface area contributed by atoms with Crippen LogP contribution in [0.2, 0.25) is 0 Å². The van der Waals surface area contributed by atoms with Gasteiger partial charge in [-0.1, -0.05) is 18.2 Å². The summed E-state index contributed by atoms with van der Waals surface area (Å²) in [5, 5.41) is 4.28. The van der Waals surface area contributed by atoms with Crippen LogP contribution in [-0.2, 0) is 0 Å². The number of fused-ring (bicyclic) bond motifs is 1. The van der Waals surface area contributed by atoms with Gasteiger partial charge in [0, 0.05) is 29.6 Å². The SMILES string of the molecule is FC(c1cnc2ccccc2c1)C1CCCNC1. The molecule has 1 fully saturated rings. The minimum absolute atomic E-state index is 0.0849. The second-order valence-corrected chi connectivity index (χ2v) is 4.97. The average Bonchev–Trinajstić information content (AvgIpc) is 2.47. The second-order valence-electron chi connectivity index (χ2n) is 4.97. The highest BCUT2D eigenvalue weighted by Gasteiger charge is 2.24. The molecule has 0 radical (unpaired) electrons. The molecule has 0 spiro atoms. The van der Waals surface area contributed by atoms with Crippen molar-refractivity contribution in [1.82, 2.24) is 10.3 Å². The van der Waals surface area contributed by atoms with Gasteiger partial charge in [-0.25, -0.2) is 4.39 Å². The Labute approximate surface area is 106 Å². The quantitative estimate of drug-likeness (QED) is 0.877. The number of hydrogen-bond acceptors (Lipinski definition) is 2. The summed E-state index contributed by atoms with van der Waals surface area (Å²) in [4.78, 5) is 4.34. The molecule has 2 aromatic rings. The first-order valence-corrected chi connectivity index (χ1v) is 6.54. The molecule has 1 aromatic carbocycles. The summed E-state index contributed by atoms with van der Waals surface area (Å²) in [7, 11) is 0. The van der Waals surface area contributed by atoms with Gasteiger partial charge in [0.2, 0.25) is 0 Å². The van der Waals surface area contributed by atoms with Gasteiger partial charge in [0.15, 0.2) is 0 Å². The number of pyridine rings is 1. The fourth-order valence-corrected chi connectivity index (χ4v) is 2.64. The normalized spacial score (nSPS) is 21.9. The third kappa shape index (κ3) is 2.23. The molecule has 18 heavy (non-hydrogen) atoms. The zero-order chi connectivity index (χ0) is 12.4. The molecule has 0 amide bonds. The molecule has 94 valence electrons. The zero-order valence-electron chi connectivity index (χ0n) is 10.3. The van der Waals surface area contributed by atoms with E-state index in [0.29, 0.717) is 5.56 Å². The Kier molecular flexibility index (Phi) is 3.24. The Morgan fingerprint density at radius 1 is 1.33 bits per heavy atom. The summed E-state index contributed by atoms with van der Waals surface area (Å²) in [6.45, 7) is 1.78.